The number of nitrogens with one attached hydrogen (secondary N) is 1. The molecule has 0 aliphatic carbocycles. The molecule has 140 valence electrons. The smallest absolute Gasteiger partial charge is 0.270 e. The third-order valence-corrected chi connectivity index (χ3v) is 4.79. The summed E-state index contributed by atoms with van der Waals surface area (Å²) in [6.07, 6.45) is 0.865. The predicted octanol–water partition coefficient (Wildman–Crippen LogP) is 4.59. The number of rotatable bonds is 5. The molecule has 0 saturated carbocycles. The first-order chi connectivity index (χ1) is 13.7. The van der Waals surface area contributed by atoms with Gasteiger partial charge in [0.05, 0.1) is 11.4 Å². The van der Waals surface area contributed by atoms with Crippen molar-refractivity contribution in [3.8, 4) is 22.5 Å². The Balaban J connectivity index is 1.88. The van der Waals surface area contributed by atoms with E-state index in [9.17, 15) is 4.79 Å². The molecule has 0 bridgehead atoms. The molecule has 0 radical (unpaired) electrons. The van der Waals surface area contributed by atoms with Crippen molar-refractivity contribution in [3.63, 3.8) is 0 Å². The molecule has 5 heteroatoms. The predicted molar refractivity (Wildman–Crippen MR) is 111 cm³/mol. The highest BCUT2D eigenvalue weighted by atomic mass is 16.1. The number of aromatic nitrogens is 3. The zero-order valence-corrected chi connectivity index (χ0v) is 16.0. The lowest BCUT2D eigenvalue weighted by molar-refractivity contribution is 0.0934. The molecule has 2 aromatic heterocycles. The van der Waals surface area contributed by atoms with E-state index in [-0.39, 0.29) is 11.9 Å². The lowest BCUT2D eigenvalue weighted by Gasteiger charge is -2.12. The molecule has 1 amide bonds. The van der Waals surface area contributed by atoms with Crippen LogP contribution in [0.25, 0.3) is 28.2 Å². The fourth-order valence-corrected chi connectivity index (χ4v) is 3.06. The van der Waals surface area contributed by atoms with Crippen LogP contribution in [0.2, 0.25) is 0 Å². The van der Waals surface area contributed by atoms with Crippen LogP contribution in [0.1, 0.15) is 30.8 Å². The van der Waals surface area contributed by atoms with Crippen LogP contribution < -0.4 is 5.32 Å². The lowest BCUT2D eigenvalue weighted by atomic mass is 10.1. The zero-order chi connectivity index (χ0) is 19.5. The Kier molecular flexibility index (Phi) is 4.89. The van der Waals surface area contributed by atoms with E-state index < -0.39 is 0 Å². The summed E-state index contributed by atoms with van der Waals surface area (Å²) < 4.78 is 1.80. The van der Waals surface area contributed by atoms with Crippen molar-refractivity contribution in [1.29, 1.82) is 0 Å². The molecule has 4 aromatic rings. The molecule has 4 rings (SSSR count). The molecule has 0 unspecified atom stereocenters. The van der Waals surface area contributed by atoms with Crippen molar-refractivity contribution in [2.75, 3.05) is 0 Å². The molecule has 1 N–H and O–H groups in total. The first kappa shape index (κ1) is 17.9. The molecule has 0 saturated heterocycles. The number of amides is 1. The second-order valence-corrected chi connectivity index (χ2v) is 6.84. The standard InChI is InChI=1S/C23H22N4O/c1-3-16(2)24-23(28)20-14-21(18-12-8-5-9-13-18)27-22(25-20)15-19(26-27)17-10-6-4-7-11-17/h4-16H,3H2,1-2H3,(H,24,28)/t16-/m0/s1. The molecule has 0 aliphatic rings. The Morgan fingerprint density at radius 3 is 2.29 bits per heavy atom. The lowest BCUT2D eigenvalue weighted by Crippen LogP contribution is -2.32. The second-order valence-electron chi connectivity index (χ2n) is 6.84. The first-order valence-corrected chi connectivity index (χ1v) is 9.48. The largest absolute Gasteiger partial charge is 0.348 e. The summed E-state index contributed by atoms with van der Waals surface area (Å²) in [4.78, 5) is 17.3. The van der Waals surface area contributed by atoms with Crippen LogP contribution in [0, 0.1) is 0 Å². The first-order valence-electron chi connectivity index (χ1n) is 9.48. The summed E-state index contributed by atoms with van der Waals surface area (Å²) >= 11 is 0. The average Bonchev–Trinajstić information content (AvgIpc) is 3.18. The van der Waals surface area contributed by atoms with Gasteiger partial charge in [-0.15, -0.1) is 0 Å². The van der Waals surface area contributed by atoms with Crippen LogP contribution in [-0.2, 0) is 0 Å². The molecular weight excluding hydrogens is 348 g/mol. The number of nitrogens with zero attached hydrogens (tertiary/aromatic N) is 3. The summed E-state index contributed by atoms with van der Waals surface area (Å²) in [5.41, 5.74) is 4.69. The van der Waals surface area contributed by atoms with Crippen molar-refractivity contribution in [3.05, 3.63) is 78.5 Å². The van der Waals surface area contributed by atoms with Crippen LogP contribution >= 0.6 is 0 Å². The van der Waals surface area contributed by atoms with Gasteiger partial charge in [0.1, 0.15) is 5.69 Å². The van der Waals surface area contributed by atoms with Gasteiger partial charge in [0.25, 0.3) is 5.91 Å². The van der Waals surface area contributed by atoms with Crippen molar-refractivity contribution >= 4 is 11.6 Å². The van der Waals surface area contributed by atoms with E-state index >= 15 is 0 Å². The van der Waals surface area contributed by atoms with Gasteiger partial charge >= 0.3 is 0 Å². The van der Waals surface area contributed by atoms with Gasteiger partial charge in [0.15, 0.2) is 5.65 Å². The third kappa shape index (κ3) is 3.51. The molecular formula is C23H22N4O. The van der Waals surface area contributed by atoms with Gasteiger partial charge in [-0.1, -0.05) is 67.6 Å². The number of carbonyl (C=O) groups is 1. The van der Waals surface area contributed by atoms with Gasteiger partial charge in [0.2, 0.25) is 0 Å². The Bertz CT molecular complexity index is 1100. The summed E-state index contributed by atoms with van der Waals surface area (Å²) in [5.74, 6) is -0.170. The van der Waals surface area contributed by atoms with Gasteiger partial charge in [-0.25, -0.2) is 9.50 Å². The molecule has 5 nitrogen and oxygen atoms in total. The van der Waals surface area contributed by atoms with Crippen molar-refractivity contribution in [1.82, 2.24) is 19.9 Å². The van der Waals surface area contributed by atoms with Crippen molar-refractivity contribution < 1.29 is 4.79 Å². The number of carbonyl (C=O) groups excluding carboxylic acids is 1. The normalized spacial score (nSPS) is 12.1. The summed E-state index contributed by atoms with van der Waals surface area (Å²) in [6, 6.07) is 23.7. The van der Waals surface area contributed by atoms with Gasteiger partial charge in [-0.05, 0) is 19.4 Å². The number of fused-ring (bicyclic) bond motifs is 1. The van der Waals surface area contributed by atoms with Crippen LogP contribution in [0.4, 0.5) is 0 Å². The average molecular weight is 370 g/mol. The van der Waals surface area contributed by atoms with Crippen LogP contribution in [0.15, 0.2) is 72.8 Å². The van der Waals surface area contributed by atoms with Gasteiger partial charge in [0, 0.05) is 23.2 Å². The summed E-state index contributed by atoms with van der Waals surface area (Å²) in [6.45, 7) is 4.03. The Labute approximate surface area is 164 Å². The third-order valence-electron chi connectivity index (χ3n) is 4.79. The summed E-state index contributed by atoms with van der Waals surface area (Å²) in [5, 5.41) is 7.76. The van der Waals surface area contributed by atoms with Gasteiger partial charge in [-0.3, -0.25) is 4.79 Å². The maximum absolute atomic E-state index is 12.7. The maximum atomic E-state index is 12.7. The molecule has 0 aliphatic heterocycles. The van der Waals surface area contributed by atoms with E-state index in [0.29, 0.717) is 11.3 Å². The van der Waals surface area contributed by atoms with E-state index in [1.54, 1.807) is 4.52 Å². The minimum atomic E-state index is -0.170. The SMILES string of the molecule is CC[C@H](C)NC(=O)c1cc(-c2ccccc2)n2nc(-c3ccccc3)cc2n1. The molecule has 2 aromatic carbocycles. The monoisotopic (exact) mass is 370 g/mol. The Morgan fingerprint density at radius 1 is 1.00 bits per heavy atom. The fraction of sp³-hybridized carbons (Fsp3) is 0.174. The molecule has 0 fully saturated rings. The Hall–Kier alpha value is -3.47. The highest BCUT2D eigenvalue weighted by molar-refractivity contribution is 5.94. The van der Waals surface area contributed by atoms with Crippen molar-refractivity contribution in [2.45, 2.75) is 26.3 Å². The van der Waals surface area contributed by atoms with E-state index in [0.717, 1.165) is 28.9 Å². The van der Waals surface area contributed by atoms with Crippen molar-refractivity contribution in [2.24, 2.45) is 0 Å². The fourth-order valence-electron chi connectivity index (χ4n) is 3.06. The highest BCUT2D eigenvalue weighted by Crippen LogP contribution is 2.25. The maximum Gasteiger partial charge on any atom is 0.270 e. The van der Waals surface area contributed by atoms with Gasteiger partial charge in [-0.2, -0.15) is 5.10 Å². The van der Waals surface area contributed by atoms with Crippen LogP contribution in [0.5, 0.6) is 0 Å². The second kappa shape index (κ2) is 7.64. The minimum absolute atomic E-state index is 0.0930. The topological polar surface area (TPSA) is 59.3 Å². The highest BCUT2D eigenvalue weighted by Gasteiger charge is 2.17. The van der Waals surface area contributed by atoms with E-state index in [4.69, 9.17) is 5.10 Å². The molecule has 1 atom stereocenters. The number of benzene rings is 2. The Morgan fingerprint density at radius 2 is 1.64 bits per heavy atom. The van der Waals surface area contributed by atoms with E-state index in [1.807, 2.05) is 86.6 Å². The van der Waals surface area contributed by atoms with E-state index in [1.165, 1.54) is 0 Å². The quantitative estimate of drug-likeness (QED) is 0.559. The van der Waals surface area contributed by atoms with E-state index in [2.05, 4.69) is 10.3 Å². The number of hydrogen-bond acceptors (Lipinski definition) is 3. The summed E-state index contributed by atoms with van der Waals surface area (Å²) in [7, 11) is 0. The zero-order valence-electron chi connectivity index (χ0n) is 16.0. The van der Waals surface area contributed by atoms with Crippen LogP contribution in [0.3, 0.4) is 0 Å². The van der Waals surface area contributed by atoms with Gasteiger partial charge < -0.3 is 5.32 Å². The van der Waals surface area contributed by atoms with Crippen LogP contribution in [-0.4, -0.2) is 26.5 Å². The molecule has 2 heterocycles. The molecule has 0 spiro atoms. The number of hydrogen-bond donors (Lipinski definition) is 1. The molecule has 28 heavy (non-hydrogen) atoms. The minimum Gasteiger partial charge on any atom is -0.348 e.